The van der Waals surface area contributed by atoms with Crippen molar-refractivity contribution in [3.63, 3.8) is 0 Å². The Kier molecular flexibility index (Phi) is 4.82. The number of benzene rings is 1. The summed E-state index contributed by atoms with van der Waals surface area (Å²) in [5.74, 6) is -2.87. The quantitative estimate of drug-likeness (QED) is 0.546. The summed E-state index contributed by atoms with van der Waals surface area (Å²) in [6.45, 7) is 1.46. The number of nitrogens with two attached hydrogens (primary N) is 2. The third-order valence-corrected chi connectivity index (χ3v) is 2.85. The van der Waals surface area contributed by atoms with Crippen molar-refractivity contribution in [1.29, 1.82) is 0 Å². The molecule has 7 nitrogen and oxygen atoms in total. The van der Waals surface area contributed by atoms with Crippen LogP contribution in [0.4, 0.5) is 0 Å². The van der Waals surface area contributed by atoms with E-state index < -0.39 is 35.8 Å². The normalized spacial score (nSPS) is 14.9. The average molecular weight is 279 g/mol. The van der Waals surface area contributed by atoms with Gasteiger partial charge < -0.3 is 21.9 Å². The Balaban J connectivity index is 2.88. The van der Waals surface area contributed by atoms with Crippen LogP contribution in [0.25, 0.3) is 0 Å². The third-order valence-electron chi connectivity index (χ3n) is 2.85. The number of aliphatic carboxylic acids is 1. The van der Waals surface area contributed by atoms with E-state index in [1.54, 1.807) is 30.3 Å². The molecule has 2 atom stereocenters. The van der Waals surface area contributed by atoms with Crippen LogP contribution < -0.4 is 16.8 Å². The van der Waals surface area contributed by atoms with Gasteiger partial charge in [0.15, 0.2) is 0 Å². The Morgan fingerprint density at radius 1 is 1.30 bits per heavy atom. The van der Waals surface area contributed by atoms with Gasteiger partial charge in [-0.1, -0.05) is 30.3 Å². The van der Waals surface area contributed by atoms with Gasteiger partial charge in [-0.2, -0.15) is 0 Å². The van der Waals surface area contributed by atoms with Crippen LogP contribution in [0.2, 0.25) is 0 Å². The van der Waals surface area contributed by atoms with Crippen molar-refractivity contribution in [2.24, 2.45) is 11.5 Å². The zero-order valence-electron chi connectivity index (χ0n) is 11.0. The van der Waals surface area contributed by atoms with Crippen molar-refractivity contribution in [2.45, 2.75) is 24.9 Å². The van der Waals surface area contributed by atoms with Crippen molar-refractivity contribution in [3.8, 4) is 0 Å². The lowest BCUT2D eigenvalue weighted by Gasteiger charge is -2.26. The van der Waals surface area contributed by atoms with E-state index in [1.165, 1.54) is 6.92 Å². The van der Waals surface area contributed by atoms with E-state index in [2.05, 4.69) is 5.32 Å². The topological polar surface area (TPSA) is 136 Å². The molecule has 108 valence electrons. The lowest BCUT2D eigenvalue weighted by atomic mass is 9.92. The van der Waals surface area contributed by atoms with Crippen LogP contribution in [0, 0.1) is 0 Å². The summed E-state index contributed by atoms with van der Waals surface area (Å²) in [4.78, 5) is 33.9. The molecule has 0 aromatic heterocycles. The molecule has 0 aliphatic rings. The number of nitrogens with one attached hydrogen (secondary N) is 1. The molecule has 1 rings (SSSR count). The SMILES string of the molecule is CC(N)(C(=O)NC(CC(N)=O)C(=O)O)c1ccccc1. The van der Waals surface area contributed by atoms with Crippen LogP contribution >= 0.6 is 0 Å². The number of hydrogen-bond acceptors (Lipinski definition) is 4. The summed E-state index contributed by atoms with van der Waals surface area (Å²) in [6, 6.07) is 7.11. The minimum absolute atomic E-state index is 0.494. The number of rotatable bonds is 6. The van der Waals surface area contributed by atoms with Crippen LogP contribution in [0.15, 0.2) is 30.3 Å². The summed E-state index contributed by atoms with van der Waals surface area (Å²) < 4.78 is 0. The molecule has 20 heavy (non-hydrogen) atoms. The average Bonchev–Trinajstić information content (AvgIpc) is 2.38. The highest BCUT2D eigenvalue weighted by Gasteiger charge is 2.33. The summed E-state index contributed by atoms with van der Waals surface area (Å²) in [5.41, 5.74) is 10.0. The van der Waals surface area contributed by atoms with Gasteiger partial charge in [0.1, 0.15) is 11.6 Å². The molecular formula is C13H17N3O4. The zero-order valence-corrected chi connectivity index (χ0v) is 11.0. The molecule has 0 aliphatic carbocycles. The fraction of sp³-hybridized carbons (Fsp3) is 0.308. The lowest BCUT2D eigenvalue weighted by molar-refractivity contribution is -0.144. The molecule has 0 saturated carbocycles. The monoisotopic (exact) mass is 279 g/mol. The molecule has 2 unspecified atom stereocenters. The molecule has 0 fully saturated rings. The van der Waals surface area contributed by atoms with E-state index in [0.717, 1.165) is 0 Å². The molecule has 0 bridgehead atoms. The minimum Gasteiger partial charge on any atom is -0.480 e. The van der Waals surface area contributed by atoms with Gasteiger partial charge in [-0.05, 0) is 12.5 Å². The van der Waals surface area contributed by atoms with Gasteiger partial charge in [-0.25, -0.2) is 4.79 Å². The molecule has 1 aromatic rings. The standard InChI is InChI=1S/C13H17N3O4/c1-13(15,8-5-3-2-4-6-8)12(20)16-9(11(18)19)7-10(14)17/h2-6,9H,7,15H2,1H3,(H2,14,17)(H,16,20)(H,18,19). The fourth-order valence-electron chi connectivity index (χ4n) is 1.62. The molecule has 1 aromatic carbocycles. The van der Waals surface area contributed by atoms with Crippen LogP contribution in [-0.2, 0) is 19.9 Å². The van der Waals surface area contributed by atoms with Crippen molar-refractivity contribution in [3.05, 3.63) is 35.9 Å². The van der Waals surface area contributed by atoms with E-state index in [1.807, 2.05) is 0 Å². The number of hydrogen-bond donors (Lipinski definition) is 4. The van der Waals surface area contributed by atoms with Crippen LogP contribution in [0.1, 0.15) is 18.9 Å². The fourth-order valence-corrected chi connectivity index (χ4v) is 1.62. The van der Waals surface area contributed by atoms with Gasteiger partial charge in [0, 0.05) is 0 Å². The molecule has 7 heteroatoms. The van der Waals surface area contributed by atoms with E-state index in [0.29, 0.717) is 5.56 Å². The maximum Gasteiger partial charge on any atom is 0.326 e. The van der Waals surface area contributed by atoms with E-state index in [-0.39, 0.29) is 0 Å². The number of carbonyl (C=O) groups is 3. The molecule has 6 N–H and O–H groups in total. The van der Waals surface area contributed by atoms with E-state index >= 15 is 0 Å². The van der Waals surface area contributed by atoms with Gasteiger partial charge in [0.05, 0.1) is 6.42 Å². The van der Waals surface area contributed by atoms with Crippen LogP contribution in [-0.4, -0.2) is 28.9 Å². The minimum atomic E-state index is -1.41. The van der Waals surface area contributed by atoms with Crippen LogP contribution in [0.5, 0.6) is 0 Å². The highest BCUT2D eigenvalue weighted by atomic mass is 16.4. The second-order valence-electron chi connectivity index (χ2n) is 4.60. The highest BCUT2D eigenvalue weighted by Crippen LogP contribution is 2.17. The Morgan fingerprint density at radius 3 is 2.30 bits per heavy atom. The summed E-state index contributed by atoms with van der Waals surface area (Å²) in [5, 5.41) is 11.2. The maximum absolute atomic E-state index is 12.1. The number of amides is 2. The molecular weight excluding hydrogens is 262 g/mol. The first kappa shape index (κ1) is 15.6. The second-order valence-corrected chi connectivity index (χ2v) is 4.60. The first-order valence-electron chi connectivity index (χ1n) is 5.91. The molecule has 0 aliphatic heterocycles. The van der Waals surface area contributed by atoms with E-state index in [4.69, 9.17) is 16.6 Å². The zero-order chi connectivity index (χ0) is 15.3. The third kappa shape index (κ3) is 3.79. The first-order valence-corrected chi connectivity index (χ1v) is 5.91. The number of carbonyl (C=O) groups excluding carboxylic acids is 2. The van der Waals surface area contributed by atoms with Gasteiger partial charge in [-0.15, -0.1) is 0 Å². The van der Waals surface area contributed by atoms with Gasteiger partial charge in [0.25, 0.3) is 0 Å². The van der Waals surface area contributed by atoms with Crippen molar-refractivity contribution in [1.82, 2.24) is 5.32 Å². The smallest absolute Gasteiger partial charge is 0.326 e. The number of carboxylic acids is 1. The Morgan fingerprint density at radius 2 is 1.85 bits per heavy atom. The van der Waals surface area contributed by atoms with E-state index in [9.17, 15) is 14.4 Å². The number of carboxylic acid groups (broad SMARTS) is 1. The van der Waals surface area contributed by atoms with Gasteiger partial charge in [-0.3, -0.25) is 9.59 Å². The van der Waals surface area contributed by atoms with Gasteiger partial charge in [0.2, 0.25) is 11.8 Å². The molecule has 0 heterocycles. The molecule has 0 spiro atoms. The predicted molar refractivity (Wildman–Crippen MR) is 71.4 cm³/mol. The summed E-state index contributed by atoms with van der Waals surface area (Å²) in [6.07, 6.45) is -0.494. The van der Waals surface area contributed by atoms with Crippen LogP contribution in [0.3, 0.4) is 0 Å². The van der Waals surface area contributed by atoms with Crippen molar-refractivity contribution in [2.75, 3.05) is 0 Å². The highest BCUT2D eigenvalue weighted by molar-refractivity contribution is 5.92. The van der Waals surface area contributed by atoms with Crippen molar-refractivity contribution < 1.29 is 19.5 Å². The summed E-state index contributed by atoms with van der Waals surface area (Å²) >= 11 is 0. The Labute approximate surface area is 115 Å². The molecule has 2 amide bonds. The van der Waals surface area contributed by atoms with Gasteiger partial charge >= 0.3 is 5.97 Å². The predicted octanol–water partition coefficient (Wildman–Crippen LogP) is -0.695. The molecule has 0 saturated heterocycles. The van der Waals surface area contributed by atoms with Crippen molar-refractivity contribution >= 4 is 17.8 Å². The summed E-state index contributed by atoms with van der Waals surface area (Å²) in [7, 11) is 0. The lowest BCUT2D eigenvalue weighted by Crippen LogP contribution is -2.54. The second kappa shape index (κ2) is 6.16. The first-order chi connectivity index (χ1) is 9.25. The largest absolute Gasteiger partial charge is 0.480 e. The molecule has 0 radical (unpaired) electrons. The number of primary amides is 1. The Hall–Kier alpha value is -2.41. The maximum atomic E-state index is 12.1. The Bertz CT molecular complexity index is 514.